The minimum atomic E-state index is -4.53. The summed E-state index contributed by atoms with van der Waals surface area (Å²) in [7, 11) is -4.53. The van der Waals surface area contributed by atoms with Crippen LogP contribution in [0.1, 0.15) is 29.3 Å². The molecule has 6 aromatic rings. The predicted molar refractivity (Wildman–Crippen MR) is 169 cm³/mol. The van der Waals surface area contributed by atoms with Crippen molar-refractivity contribution in [1.82, 2.24) is 14.2 Å². The van der Waals surface area contributed by atoms with E-state index in [4.69, 9.17) is 18.2 Å². The molecule has 6 rings (SSSR count). The minimum Gasteiger partial charge on any atom is -0.295 e. The Morgan fingerprint density at radius 2 is 1.63 bits per heavy atom. The molecule has 0 N–H and O–H groups in total. The Kier molecular flexibility index (Phi) is 7.94. The molecule has 0 unspecified atom stereocenters. The molecule has 0 aliphatic heterocycles. The predicted octanol–water partition coefficient (Wildman–Crippen LogP) is 9.15. The van der Waals surface area contributed by atoms with Gasteiger partial charge in [-0.05, 0) is 55.0 Å². The Hall–Kier alpha value is -5.31. The molecule has 0 radical (unpaired) electrons. The first-order valence-corrected chi connectivity index (χ1v) is 15.4. The normalized spacial score (nSPS) is 11.6. The van der Waals surface area contributed by atoms with Gasteiger partial charge in [-0.15, -0.1) is 0 Å². The van der Waals surface area contributed by atoms with E-state index < -0.39 is 22.3 Å². The van der Waals surface area contributed by atoms with Crippen molar-refractivity contribution < 1.29 is 26.4 Å². The lowest BCUT2D eigenvalue weighted by atomic mass is 9.96. The van der Waals surface area contributed by atoms with Gasteiger partial charge in [0, 0.05) is 50.0 Å². The molecule has 7 nitrogen and oxygen atoms in total. The minimum absolute atomic E-state index is 0.0391. The molecular weight excluding hydrogens is 637 g/mol. The number of nitrogens with zero attached hydrogens (tertiary/aromatic N) is 4. The third kappa shape index (κ3) is 5.31. The highest BCUT2D eigenvalue weighted by atomic mass is 35.5. The van der Waals surface area contributed by atoms with Gasteiger partial charge >= 0.3 is 0 Å². The number of aromatic nitrogens is 3. The Bertz CT molecular complexity index is 2330. The number of halogens is 4. The van der Waals surface area contributed by atoms with E-state index in [0.29, 0.717) is 22.3 Å². The van der Waals surface area contributed by atoms with Crippen LogP contribution < -0.4 is 0 Å². The van der Waals surface area contributed by atoms with Gasteiger partial charge in [-0.25, -0.2) is 30.4 Å². The molecule has 46 heavy (non-hydrogen) atoms. The molecule has 2 aromatic heterocycles. The van der Waals surface area contributed by atoms with E-state index >= 15 is 0 Å². The first-order valence-electron chi connectivity index (χ1n) is 13.6. The van der Waals surface area contributed by atoms with E-state index in [9.17, 15) is 26.4 Å². The van der Waals surface area contributed by atoms with Crippen LogP contribution in [-0.4, -0.2) is 28.4 Å². The second-order valence-electron chi connectivity index (χ2n) is 10.3. The van der Waals surface area contributed by atoms with Gasteiger partial charge in [0.15, 0.2) is 5.78 Å². The molecule has 4 aromatic carbocycles. The summed E-state index contributed by atoms with van der Waals surface area (Å²) < 4.78 is 71.4. The molecule has 0 fully saturated rings. The van der Waals surface area contributed by atoms with Gasteiger partial charge in [-0.1, -0.05) is 54.1 Å². The number of benzene rings is 4. The van der Waals surface area contributed by atoms with Crippen molar-refractivity contribution in [2.24, 2.45) is 0 Å². The monoisotopic (exact) mass is 656 g/mol. The third-order valence-electron chi connectivity index (χ3n) is 7.48. The van der Waals surface area contributed by atoms with E-state index in [1.807, 2.05) is 0 Å². The van der Waals surface area contributed by atoms with Gasteiger partial charge in [-0.3, -0.25) is 4.79 Å². The van der Waals surface area contributed by atoms with Crippen molar-refractivity contribution in [2.75, 3.05) is 0 Å². The summed E-state index contributed by atoms with van der Waals surface area (Å²) in [6.07, 6.45) is -0.287. The van der Waals surface area contributed by atoms with Gasteiger partial charge in [0.25, 0.3) is 16.4 Å². The Morgan fingerprint density at radius 3 is 2.30 bits per heavy atom. The number of Topliss-reactive ketones (excluding diaryl/α,β-unsaturated/α-hetero) is 1. The maximum atomic E-state index is 14.9. The van der Waals surface area contributed by atoms with Crippen molar-refractivity contribution in [3.05, 3.63) is 131 Å². The number of ketones is 1. The van der Waals surface area contributed by atoms with Crippen molar-refractivity contribution in [3.8, 4) is 33.5 Å². The zero-order chi connectivity index (χ0) is 32.7. The molecule has 0 spiro atoms. The highest BCUT2D eigenvalue weighted by Crippen LogP contribution is 2.46. The van der Waals surface area contributed by atoms with Crippen molar-refractivity contribution in [2.45, 2.75) is 18.2 Å². The van der Waals surface area contributed by atoms with Crippen molar-refractivity contribution in [1.29, 1.82) is 0 Å². The fraction of sp³-hybridized carbons (Fsp3) is 0.0588. The fourth-order valence-corrected chi connectivity index (χ4v) is 7.14. The third-order valence-corrected chi connectivity index (χ3v) is 9.52. The molecule has 0 aliphatic carbocycles. The van der Waals surface area contributed by atoms with E-state index in [2.05, 4.69) is 15.0 Å². The number of hydrogen-bond donors (Lipinski definition) is 0. The Labute approximate surface area is 266 Å². The van der Waals surface area contributed by atoms with Gasteiger partial charge in [0.2, 0.25) is 5.69 Å². The van der Waals surface area contributed by atoms with E-state index in [0.717, 1.165) is 40.4 Å². The summed E-state index contributed by atoms with van der Waals surface area (Å²) >= 11 is 6.58. The average Bonchev–Trinajstić information content (AvgIpc) is 3.39. The van der Waals surface area contributed by atoms with Crippen LogP contribution >= 0.6 is 11.6 Å². The molecule has 0 saturated carbocycles. The van der Waals surface area contributed by atoms with Crippen LogP contribution in [-0.2, 0) is 10.0 Å². The van der Waals surface area contributed by atoms with Crippen LogP contribution in [0.5, 0.6) is 0 Å². The van der Waals surface area contributed by atoms with Crippen LogP contribution in [0.2, 0.25) is 5.02 Å². The summed E-state index contributed by atoms with van der Waals surface area (Å²) in [5.41, 5.74) is 2.10. The van der Waals surface area contributed by atoms with E-state index in [1.54, 1.807) is 36.4 Å². The molecule has 2 heterocycles. The lowest BCUT2D eigenvalue weighted by Gasteiger charge is -2.16. The van der Waals surface area contributed by atoms with Crippen LogP contribution in [0.4, 0.5) is 18.9 Å². The average molecular weight is 657 g/mol. The first-order chi connectivity index (χ1) is 22.0. The van der Waals surface area contributed by atoms with Crippen LogP contribution in [0.15, 0.2) is 102 Å². The number of hydrogen-bond acceptors (Lipinski definition) is 5. The van der Waals surface area contributed by atoms with Gasteiger partial charge in [-0.2, -0.15) is 10.2 Å². The number of carbonyl (C=O) groups excluding carboxylic acids is 1. The fourth-order valence-electron chi connectivity index (χ4n) is 5.31. The Morgan fingerprint density at radius 1 is 0.913 bits per heavy atom. The van der Waals surface area contributed by atoms with E-state index in [-0.39, 0.29) is 54.7 Å². The van der Waals surface area contributed by atoms with Gasteiger partial charge in [0.1, 0.15) is 5.82 Å². The maximum Gasteiger partial charge on any atom is 0.268 e. The Balaban J connectivity index is 1.72. The number of rotatable bonds is 7. The lowest BCUT2D eigenvalue weighted by molar-refractivity contribution is 0.101. The number of fused-ring (bicyclic) bond motifs is 1. The quantitative estimate of drug-likeness (QED) is 0.126. The summed E-state index contributed by atoms with van der Waals surface area (Å²) in [5.74, 6) is -0.828. The molecular formula is C34H20ClF3N4O3S. The smallest absolute Gasteiger partial charge is 0.268 e. The largest absolute Gasteiger partial charge is 0.295 e. The van der Waals surface area contributed by atoms with Crippen molar-refractivity contribution in [3.63, 3.8) is 0 Å². The number of alkyl halides is 2. The zero-order valence-corrected chi connectivity index (χ0v) is 25.3. The zero-order valence-electron chi connectivity index (χ0n) is 23.7. The second kappa shape index (κ2) is 11.9. The first kappa shape index (κ1) is 30.7. The van der Waals surface area contributed by atoms with Gasteiger partial charge in [0.05, 0.1) is 28.9 Å². The topological polar surface area (TPSA) is 86.3 Å². The van der Waals surface area contributed by atoms with E-state index in [1.165, 1.54) is 31.5 Å². The van der Waals surface area contributed by atoms with Crippen molar-refractivity contribution >= 4 is 44.0 Å². The molecule has 12 heteroatoms. The summed E-state index contributed by atoms with van der Waals surface area (Å²) in [5, 5.41) is 8.16. The molecule has 0 bridgehead atoms. The SMILES string of the molecule is [C-]#[N+]c1cnncc1-c1c(-c2cccc(-c3ccc(C(C)=O)cc3Cl)c2)n(S(=O)(=O)c2ccc(C(F)F)cc2)c2ccc(F)cc12. The second-order valence-corrected chi connectivity index (χ2v) is 12.4. The standard InChI is InChI=1S/C34H20ClF3N4O3S/c1-19(43)21-8-12-26(29(35)15-21)22-4-3-5-23(14-22)33-32(28-17-40-41-18-30(28)39-2)27-16-24(36)9-13-31(27)42(33)46(44,45)25-10-6-20(7-11-25)34(37)38/h3-18,34H,1H3. The maximum absolute atomic E-state index is 14.9. The summed E-state index contributed by atoms with van der Waals surface area (Å²) in [6.45, 7) is 9.17. The molecule has 228 valence electrons. The van der Waals surface area contributed by atoms with Crippen LogP contribution in [0, 0.1) is 12.4 Å². The molecule has 0 aliphatic rings. The molecule has 0 amide bonds. The highest BCUT2D eigenvalue weighted by molar-refractivity contribution is 7.90. The van der Waals surface area contributed by atoms with Crippen LogP contribution in [0.25, 0.3) is 49.3 Å². The molecule has 0 atom stereocenters. The highest BCUT2D eigenvalue weighted by Gasteiger charge is 2.30. The summed E-state index contributed by atoms with van der Waals surface area (Å²) in [4.78, 5) is 15.2. The summed E-state index contributed by atoms with van der Waals surface area (Å²) in [6, 6.07) is 19.4. The van der Waals surface area contributed by atoms with Crippen LogP contribution in [0.3, 0.4) is 0 Å². The molecule has 0 saturated heterocycles. The lowest BCUT2D eigenvalue weighted by Crippen LogP contribution is -2.14. The number of carbonyl (C=O) groups is 1. The van der Waals surface area contributed by atoms with Gasteiger partial charge < -0.3 is 0 Å².